The zero-order valence-corrected chi connectivity index (χ0v) is 15.0. The normalized spacial score (nSPS) is 14.7. The molecule has 1 aliphatic heterocycles. The van der Waals surface area contributed by atoms with Gasteiger partial charge in [0.05, 0.1) is 0 Å². The zero-order valence-electron chi connectivity index (χ0n) is 15.0. The van der Waals surface area contributed by atoms with Crippen LogP contribution in [0.15, 0.2) is 42.5 Å². The molecule has 3 rings (SSSR count). The van der Waals surface area contributed by atoms with Gasteiger partial charge in [-0.3, -0.25) is 0 Å². The zero-order chi connectivity index (χ0) is 19.3. The van der Waals surface area contributed by atoms with E-state index in [1.54, 1.807) is 12.1 Å². The van der Waals surface area contributed by atoms with Crippen LogP contribution in [0.2, 0.25) is 0 Å². The number of hydrogen-bond acceptors (Lipinski definition) is 4. The van der Waals surface area contributed by atoms with E-state index in [-0.39, 0.29) is 11.8 Å². The van der Waals surface area contributed by atoms with Crippen molar-refractivity contribution < 1.29 is 27.4 Å². The van der Waals surface area contributed by atoms with Gasteiger partial charge in [-0.15, -0.1) is 0 Å². The van der Waals surface area contributed by atoms with E-state index in [0.29, 0.717) is 19.8 Å². The molecule has 1 unspecified atom stereocenters. The Morgan fingerprint density at radius 3 is 2.59 bits per heavy atom. The maximum absolute atomic E-state index is 12.3. The van der Waals surface area contributed by atoms with Crippen molar-refractivity contribution in [2.24, 2.45) is 0 Å². The van der Waals surface area contributed by atoms with Gasteiger partial charge >= 0.3 is 6.18 Å². The van der Waals surface area contributed by atoms with E-state index in [9.17, 15) is 13.2 Å². The summed E-state index contributed by atoms with van der Waals surface area (Å²) in [7, 11) is 0. The molecule has 0 aliphatic carbocycles. The van der Waals surface area contributed by atoms with Crippen molar-refractivity contribution >= 4 is 0 Å². The number of alkyl halides is 3. The van der Waals surface area contributed by atoms with Crippen molar-refractivity contribution in [3.05, 3.63) is 53.6 Å². The van der Waals surface area contributed by atoms with Gasteiger partial charge in [0.2, 0.25) is 0 Å². The van der Waals surface area contributed by atoms with E-state index in [4.69, 9.17) is 14.2 Å². The molecule has 146 valence electrons. The maximum Gasteiger partial charge on any atom is 0.422 e. The summed E-state index contributed by atoms with van der Waals surface area (Å²) in [5.41, 5.74) is 1.93. The Kier molecular flexibility index (Phi) is 6.11. The Labute approximate surface area is 156 Å². The fourth-order valence-corrected chi connectivity index (χ4v) is 2.93. The highest BCUT2D eigenvalue weighted by Gasteiger charge is 2.28. The van der Waals surface area contributed by atoms with E-state index < -0.39 is 12.8 Å². The van der Waals surface area contributed by atoms with Crippen LogP contribution in [-0.4, -0.2) is 26.0 Å². The third-order valence-electron chi connectivity index (χ3n) is 4.23. The molecule has 4 nitrogen and oxygen atoms in total. The molecule has 1 aliphatic rings. The van der Waals surface area contributed by atoms with Gasteiger partial charge in [0, 0.05) is 12.6 Å². The van der Waals surface area contributed by atoms with Crippen LogP contribution in [0.4, 0.5) is 13.2 Å². The molecule has 1 heterocycles. The summed E-state index contributed by atoms with van der Waals surface area (Å²) >= 11 is 0. The van der Waals surface area contributed by atoms with E-state index in [1.807, 2.05) is 24.3 Å². The fourth-order valence-electron chi connectivity index (χ4n) is 2.93. The summed E-state index contributed by atoms with van der Waals surface area (Å²) in [6.07, 6.45) is -3.50. The molecule has 2 aromatic carbocycles. The first-order valence-electron chi connectivity index (χ1n) is 8.86. The average molecular weight is 381 g/mol. The van der Waals surface area contributed by atoms with E-state index in [1.165, 1.54) is 6.07 Å². The minimum absolute atomic E-state index is 0.0839. The molecule has 1 atom stereocenters. The number of benzene rings is 2. The Balaban J connectivity index is 1.62. The highest BCUT2D eigenvalue weighted by molar-refractivity contribution is 5.44. The Morgan fingerprint density at radius 1 is 1.07 bits per heavy atom. The molecular weight excluding hydrogens is 359 g/mol. The second-order valence-electron chi connectivity index (χ2n) is 6.30. The third kappa shape index (κ3) is 5.53. The third-order valence-corrected chi connectivity index (χ3v) is 4.23. The molecule has 0 radical (unpaired) electrons. The van der Waals surface area contributed by atoms with Gasteiger partial charge in [0.25, 0.3) is 0 Å². The number of hydrogen-bond donors (Lipinski definition) is 1. The molecule has 7 heteroatoms. The minimum Gasteiger partial charge on any atom is -0.486 e. The number of nitrogens with one attached hydrogen (secondary N) is 1. The van der Waals surface area contributed by atoms with Crippen molar-refractivity contribution in [1.29, 1.82) is 0 Å². The van der Waals surface area contributed by atoms with Crippen LogP contribution in [0.3, 0.4) is 0 Å². The number of fused-ring (bicyclic) bond motifs is 1. The molecule has 0 spiro atoms. The predicted molar refractivity (Wildman–Crippen MR) is 95.3 cm³/mol. The Hall–Kier alpha value is -2.41. The summed E-state index contributed by atoms with van der Waals surface area (Å²) in [6, 6.07) is 12.6. The Bertz CT molecular complexity index is 764. The van der Waals surface area contributed by atoms with Crippen LogP contribution in [0, 0.1) is 0 Å². The van der Waals surface area contributed by atoms with Crippen LogP contribution >= 0.6 is 0 Å². The van der Waals surface area contributed by atoms with E-state index in [0.717, 1.165) is 29.0 Å². The van der Waals surface area contributed by atoms with Crippen molar-refractivity contribution in [3.8, 4) is 17.2 Å². The monoisotopic (exact) mass is 381 g/mol. The molecule has 0 aromatic heterocycles. The standard InChI is InChI=1S/C20H22F3NO3/c1-2-17(15-6-7-18-19(11-15)26-9-8-25-18)24-12-14-4-3-5-16(10-14)27-13-20(21,22)23/h3-7,10-11,17,24H,2,8-9,12-13H2,1H3. The molecule has 27 heavy (non-hydrogen) atoms. The van der Waals surface area contributed by atoms with Gasteiger partial charge in [-0.2, -0.15) is 13.2 Å². The summed E-state index contributed by atoms with van der Waals surface area (Å²) in [5, 5.41) is 3.43. The maximum atomic E-state index is 12.3. The number of halogens is 3. The van der Waals surface area contributed by atoms with Crippen LogP contribution < -0.4 is 19.5 Å². The smallest absolute Gasteiger partial charge is 0.422 e. The van der Waals surface area contributed by atoms with Crippen LogP contribution in [0.5, 0.6) is 17.2 Å². The van der Waals surface area contributed by atoms with Gasteiger partial charge in [-0.25, -0.2) is 0 Å². The fraction of sp³-hybridized carbons (Fsp3) is 0.400. The van der Waals surface area contributed by atoms with Gasteiger partial charge < -0.3 is 19.5 Å². The largest absolute Gasteiger partial charge is 0.486 e. The minimum atomic E-state index is -4.35. The summed E-state index contributed by atoms with van der Waals surface area (Å²) in [5.74, 6) is 1.69. The van der Waals surface area contributed by atoms with Gasteiger partial charge in [0.15, 0.2) is 18.1 Å². The first-order valence-corrected chi connectivity index (χ1v) is 8.86. The predicted octanol–water partition coefficient (Wildman–Crippen LogP) is 4.64. The molecule has 1 N–H and O–H groups in total. The highest BCUT2D eigenvalue weighted by atomic mass is 19.4. The van der Waals surface area contributed by atoms with Gasteiger partial charge in [-0.05, 0) is 41.8 Å². The first-order chi connectivity index (χ1) is 12.9. The quantitative estimate of drug-likeness (QED) is 0.759. The average Bonchev–Trinajstić information content (AvgIpc) is 2.66. The molecule has 0 fully saturated rings. The molecule has 0 saturated carbocycles. The summed E-state index contributed by atoms with van der Waals surface area (Å²) in [6.45, 7) is 2.37. The number of ether oxygens (including phenoxy) is 3. The van der Waals surface area contributed by atoms with Crippen LogP contribution in [0.25, 0.3) is 0 Å². The Morgan fingerprint density at radius 2 is 1.85 bits per heavy atom. The SMILES string of the molecule is CCC(NCc1cccc(OCC(F)(F)F)c1)c1ccc2c(c1)OCCO2. The lowest BCUT2D eigenvalue weighted by atomic mass is 10.0. The molecule has 0 amide bonds. The molecule has 2 aromatic rings. The second kappa shape index (κ2) is 8.52. The second-order valence-corrected chi connectivity index (χ2v) is 6.30. The molecule has 0 saturated heterocycles. The number of rotatable bonds is 7. The van der Waals surface area contributed by atoms with E-state index in [2.05, 4.69) is 12.2 Å². The van der Waals surface area contributed by atoms with Crippen LogP contribution in [0.1, 0.15) is 30.5 Å². The van der Waals surface area contributed by atoms with E-state index >= 15 is 0 Å². The van der Waals surface area contributed by atoms with Gasteiger partial charge in [-0.1, -0.05) is 25.1 Å². The lowest BCUT2D eigenvalue weighted by Crippen LogP contribution is -2.21. The topological polar surface area (TPSA) is 39.7 Å². The lowest BCUT2D eigenvalue weighted by Gasteiger charge is -2.22. The summed E-state index contributed by atoms with van der Waals surface area (Å²) < 4.78 is 52.9. The lowest BCUT2D eigenvalue weighted by molar-refractivity contribution is -0.153. The molecule has 0 bridgehead atoms. The van der Waals surface area contributed by atoms with Crippen molar-refractivity contribution in [2.75, 3.05) is 19.8 Å². The molecular formula is C20H22F3NO3. The van der Waals surface area contributed by atoms with Crippen LogP contribution in [-0.2, 0) is 6.54 Å². The van der Waals surface area contributed by atoms with Crippen molar-refractivity contribution in [3.63, 3.8) is 0 Å². The summed E-state index contributed by atoms with van der Waals surface area (Å²) in [4.78, 5) is 0. The first kappa shape index (κ1) is 19.4. The van der Waals surface area contributed by atoms with Gasteiger partial charge in [0.1, 0.15) is 19.0 Å². The highest BCUT2D eigenvalue weighted by Crippen LogP contribution is 2.33. The van der Waals surface area contributed by atoms with Crippen molar-refractivity contribution in [1.82, 2.24) is 5.32 Å². The van der Waals surface area contributed by atoms with Crippen molar-refractivity contribution in [2.45, 2.75) is 32.1 Å².